The number of halogens is 3. The van der Waals surface area contributed by atoms with Gasteiger partial charge in [-0.15, -0.1) is 0 Å². The summed E-state index contributed by atoms with van der Waals surface area (Å²) < 4.78 is 41.5. The largest absolute Gasteiger partial charge is 0.356 e. The van der Waals surface area contributed by atoms with Crippen molar-refractivity contribution in [1.82, 2.24) is 14.9 Å². The molecule has 4 rings (SSSR count). The van der Waals surface area contributed by atoms with Gasteiger partial charge >= 0.3 is 0 Å². The van der Waals surface area contributed by atoms with E-state index < -0.39 is 17.5 Å². The Morgan fingerprint density at radius 2 is 1.81 bits per heavy atom. The van der Waals surface area contributed by atoms with E-state index in [1.54, 1.807) is 37.9 Å². The molecule has 188 valence electrons. The first kappa shape index (κ1) is 25.3. The van der Waals surface area contributed by atoms with Crippen molar-refractivity contribution < 1.29 is 22.8 Å². The summed E-state index contributed by atoms with van der Waals surface area (Å²) in [7, 11) is 0. The second-order valence-corrected chi connectivity index (χ2v) is 8.93. The summed E-state index contributed by atoms with van der Waals surface area (Å²) in [6.07, 6.45) is 2.64. The number of nitrogens with zero attached hydrogens (tertiary/aromatic N) is 4. The molecule has 1 saturated heterocycles. The van der Waals surface area contributed by atoms with Crippen molar-refractivity contribution in [3.63, 3.8) is 0 Å². The fourth-order valence-electron chi connectivity index (χ4n) is 4.28. The predicted molar refractivity (Wildman–Crippen MR) is 129 cm³/mol. The Hall–Kier alpha value is -3.75. The second kappa shape index (κ2) is 10.9. The van der Waals surface area contributed by atoms with Gasteiger partial charge in [-0.25, -0.2) is 23.1 Å². The van der Waals surface area contributed by atoms with Crippen LogP contribution in [0, 0.1) is 31.3 Å². The zero-order valence-electron chi connectivity index (χ0n) is 20.4. The highest BCUT2D eigenvalue weighted by Gasteiger charge is 2.28. The van der Waals surface area contributed by atoms with E-state index in [-0.39, 0.29) is 23.8 Å². The van der Waals surface area contributed by atoms with E-state index in [9.17, 15) is 18.0 Å². The lowest BCUT2D eigenvalue weighted by Crippen LogP contribution is -2.39. The molecule has 0 unspecified atom stereocenters. The minimum atomic E-state index is -0.718. The Kier molecular flexibility index (Phi) is 7.67. The van der Waals surface area contributed by atoms with Crippen LogP contribution >= 0.6 is 0 Å². The standard InChI is InChI=1S/C27H27F3N4O2/c1-16-7-8-20(28)13-25(16)36-33-17(2)22-15-31-18(3)32-27(22)19-9-11-34(12-10-19)26(35)14-21-23(29)5-4-6-24(21)30/h4-8,13,15,19H,9-12,14H2,1-3H3. The van der Waals surface area contributed by atoms with E-state index in [1.165, 1.54) is 18.2 Å². The lowest BCUT2D eigenvalue weighted by molar-refractivity contribution is -0.131. The maximum Gasteiger partial charge on any atom is 0.227 e. The molecule has 0 N–H and O–H groups in total. The molecule has 3 aromatic rings. The Morgan fingerprint density at radius 1 is 1.11 bits per heavy atom. The number of piperidine rings is 1. The zero-order valence-corrected chi connectivity index (χ0v) is 20.4. The topological polar surface area (TPSA) is 67.7 Å². The minimum Gasteiger partial charge on any atom is -0.356 e. The van der Waals surface area contributed by atoms with Crippen molar-refractivity contribution in [3.8, 4) is 5.75 Å². The van der Waals surface area contributed by atoms with Crippen molar-refractivity contribution in [2.24, 2.45) is 5.16 Å². The van der Waals surface area contributed by atoms with Gasteiger partial charge in [-0.2, -0.15) is 0 Å². The molecule has 0 spiro atoms. The van der Waals surface area contributed by atoms with Gasteiger partial charge in [-0.3, -0.25) is 4.79 Å². The molecule has 1 aliphatic rings. The lowest BCUT2D eigenvalue weighted by Gasteiger charge is -2.32. The van der Waals surface area contributed by atoms with E-state index in [4.69, 9.17) is 4.84 Å². The predicted octanol–water partition coefficient (Wildman–Crippen LogP) is 5.26. The van der Waals surface area contributed by atoms with E-state index in [0.29, 0.717) is 48.8 Å². The van der Waals surface area contributed by atoms with Crippen molar-refractivity contribution in [2.45, 2.75) is 46.0 Å². The molecular formula is C27H27F3N4O2. The van der Waals surface area contributed by atoms with Gasteiger partial charge in [0.1, 0.15) is 23.3 Å². The summed E-state index contributed by atoms with van der Waals surface area (Å²) in [6.45, 7) is 6.26. The zero-order chi connectivity index (χ0) is 25.8. The molecule has 0 radical (unpaired) electrons. The van der Waals surface area contributed by atoms with Crippen LogP contribution in [0.1, 0.15) is 53.9 Å². The highest BCUT2D eigenvalue weighted by molar-refractivity contribution is 5.99. The molecule has 1 aliphatic heterocycles. The second-order valence-electron chi connectivity index (χ2n) is 8.93. The third kappa shape index (κ3) is 5.72. The smallest absolute Gasteiger partial charge is 0.227 e. The molecule has 2 heterocycles. The van der Waals surface area contributed by atoms with Crippen LogP contribution in [0.5, 0.6) is 5.75 Å². The average Bonchev–Trinajstić information content (AvgIpc) is 2.86. The van der Waals surface area contributed by atoms with Gasteiger partial charge in [0, 0.05) is 42.4 Å². The van der Waals surface area contributed by atoms with Gasteiger partial charge in [0.2, 0.25) is 5.91 Å². The molecule has 1 fully saturated rings. The molecule has 36 heavy (non-hydrogen) atoms. The van der Waals surface area contributed by atoms with Crippen molar-refractivity contribution in [3.05, 3.63) is 88.3 Å². The Labute approximate surface area is 207 Å². The quantitative estimate of drug-likeness (QED) is 0.345. The average molecular weight is 497 g/mol. The van der Waals surface area contributed by atoms with Crippen LogP contribution in [-0.2, 0) is 11.2 Å². The summed E-state index contributed by atoms with van der Waals surface area (Å²) in [5.74, 6) is -1.19. The van der Waals surface area contributed by atoms with Crippen LogP contribution < -0.4 is 4.84 Å². The van der Waals surface area contributed by atoms with E-state index in [1.807, 2.05) is 0 Å². The first-order valence-electron chi connectivity index (χ1n) is 11.7. The van der Waals surface area contributed by atoms with Gasteiger partial charge in [0.15, 0.2) is 5.75 Å². The van der Waals surface area contributed by atoms with E-state index >= 15 is 0 Å². The van der Waals surface area contributed by atoms with Crippen LogP contribution in [0.2, 0.25) is 0 Å². The maximum atomic E-state index is 14.0. The number of benzene rings is 2. The lowest BCUT2D eigenvalue weighted by atomic mass is 9.89. The minimum absolute atomic E-state index is 0.0389. The molecule has 6 nitrogen and oxygen atoms in total. The summed E-state index contributed by atoms with van der Waals surface area (Å²) in [4.78, 5) is 28.8. The molecule has 0 aliphatic carbocycles. The number of aromatic nitrogens is 2. The third-order valence-electron chi connectivity index (χ3n) is 6.38. The monoisotopic (exact) mass is 496 g/mol. The van der Waals surface area contributed by atoms with Gasteiger partial charge < -0.3 is 9.74 Å². The molecule has 0 atom stereocenters. The number of aryl methyl sites for hydroxylation is 2. The Morgan fingerprint density at radius 3 is 2.50 bits per heavy atom. The molecule has 1 amide bonds. The number of oxime groups is 1. The number of hydrogen-bond donors (Lipinski definition) is 0. The molecular weight excluding hydrogens is 469 g/mol. The van der Waals surface area contributed by atoms with E-state index in [0.717, 1.165) is 23.4 Å². The summed E-state index contributed by atoms with van der Waals surface area (Å²) >= 11 is 0. The fraction of sp³-hybridized carbons (Fsp3) is 0.333. The van der Waals surface area contributed by atoms with Gasteiger partial charge in [0.05, 0.1) is 17.8 Å². The van der Waals surface area contributed by atoms with Crippen LogP contribution in [0.15, 0.2) is 47.8 Å². The summed E-state index contributed by atoms with van der Waals surface area (Å²) in [5, 5.41) is 4.19. The first-order valence-corrected chi connectivity index (χ1v) is 11.7. The highest BCUT2D eigenvalue weighted by Crippen LogP contribution is 2.30. The highest BCUT2D eigenvalue weighted by atomic mass is 19.1. The number of hydrogen-bond acceptors (Lipinski definition) is 5. The maximum absolute atomic E-state index is 14.0. The van der Waals surface area contributed by atoms with Crippen molar-refractivity contribution in [1.29, 1.82) is 0 Å². The van der Waals surface area contributed by atoms with Crippen molar-refractivity contribution in [2.75, 3.05) is 13.1 Å². The van der Waals surface area contributed by atoms with Crippen LogP contribution in [0.25, 0.3) is 0 Å². The normalized spacial score (nSPS) is 14.7. The van der Waals surface area contributed by atoms with Gasteiger partial charge in [0.25, 0.3) is 0 Å². The Bertz CT molecular complexity index is 1280. The fourth-order valence-corrected chi connectivity index (χ4v) is 4.28. The molecule has 2 aromatic carbocycles. The molecule has 9 heteroatoms. The van der Waals surface area contributed by atoms with Crippen LogP contribution in [0.3, 0.4) is 0 Å². The molecule has 0 saturated carbocycles. The van der Waals surface area contributed by atoms with Gasteiger partial charge in [-0.1, -0.05) is 17.3 Å². The number of carbonyl (C=O) groups is 1. The number of amides is 1. The van der Waals surface area contributed by atoms with Crippen LogP contribution in [-0.4, -0.2) is 39.6 Å². The third-order valence-corrected chi connectivity index (χ3v) is 6.38. The van der Waals surface area contributed by atoms with Crippen molar-refractivity contribution >= 4 is 11.6 Å². The Balaban J connectivity index is 1.46. The summed E-state index contributed by atoms with van der Waals surface area (Å²) in [5.41, 5.74) is 2.60. The number of carbonyl (C=O) groups excluding carboxylic acids is 1. The summed E-state index contributed by atoms with van der Waals surface area (Å²) in [6, 6.07) is 7.83. The van der Waals surface area contributed by atoms with Gasteiger partial charge in [-0.05, 0) is 57.4 Å². The SMILES string of the molecule is CC(=NOc1cc(F)ccc1C)c1cnc(C)nc1C1CCN(C(=O)Cc2c(F)cccc2F)CC1. The number of rotatable bonds is 6. The first-order chi connectivity index (χ1) is 17.2. The number of likely N-dealkylation sites (tertiary alicyclic amines) is 1. The van der Waals surface area contributed by atoms with E-state index in [2.05, 4.69) is 15.1 Å². The molecule has 0 bridgehead atoms. The van der Waals surface area contributed by atoms with Crippen LogP contribution in [0.4, 0.5) is 13.2 Å². The molecule has 1 aromatic heterocycles.